The third kappa shape index (κ3) is 5.96. The molecule has 0 bridgehead atoms. The number of anilines is 4. The number of phenolic OH excluding ortho intramolecular Hbond substituents is 1. The minimum atomic E-state index is 0.0369. The summed E-state index contributed by atoms with van der Waals surface area (Å²) in [5, 5.41) is 13.4. The van der Waals surface area contributed by atoms with Gasteiger partial charge in [0.25, 0.3) is 0 Å². The summed E-state index contributed by atoms with van der Waals surface area (Å²) in [4.78, 5) is 2.49. The maximum Gasteiger partial charge on any atom is 0.139 e. The smallest absolute Gasteiger partial charge is 0.139 e. The predicted molar refractivity (Wildman–Crippen MR) is 123 cm³/mol. The molecule has 154 valence electrons. The van der Waals surface area contributed by atoms with E-state index in [1.54, 1.807) is 6.92 Å². The number of nitrogens with one attached hydrogen (secondary N) is 1. The zero-order valence-corrected chi connectivity index (χ0v) is 18.1. The maximum atomic E-state index is 9.91. The Morgan fingerprint density at radius 3 is 2.11 bits per heavy atom. The Morgan fingerprint density at radius 2 is 1.57 bits per heavy atom. The van der Waals surface area contributed by atoms with Crippen LogP contribution in [0.25, 0.3) is 0 Å². The van der Waals surface area contributed by atoms with Crippen LogP contribution in [0.2, 0.25) is 5.02 Å². The lowest BCUT2D eigenvalue weighted by Gasteiger charge is -2.25. The number of phenols is 1. The number of aryl methyl sites for hydroxylation is 1. The highest BCUT2D eigenvalue weighted by Gasteiger charge is 2.12. The number of benzene rings is 2. The first-order valence-electron chi connectivity index (χ1n) is 10.4. The van der Waals surface area contributed by atoms with E-state index >= 15 is 0 Å². The summed E-state index contributed by atoms with van der Waals surface area (Å²) >= 11 is 6.12. The van der Waals surface area contributed by atoms with Gasteiger partial charge in [0.05, 0.1) is 11.4 Å². The number of hydrogen-bond acceptors (Lipinski definition) is 4. The molecule has 2 aromatic rings. The molecular formula is C23H34ClN3O. The molecule has 0 spiro atoms. The minimum Gasteiger partial charge on any atom is -0.506 e. The van der Waals surface area contributed by atoms with Crippen LogP contribution >= 0.6 is 11.6 Å². The van der Waals surface area contributed by atoms with Crippen molar-refractivity contribution in [2.75, 3.05) is 29.0 Å². The van der Waals surface area contributed by atoms with E-state index in [1.807, 2.05) is 6.07 Å². The molecule has 0 radical (unpaired) electrons. The highest BCUT2D eigenvalue weighted by Crippen LogP contribution is 2.39. The molecule has 4 nitrogen and oxygen atoms in total. The molecular weight excluding hydrogens is 370 g/mol. The summed E-state index contributed by atoms with van der Waals surface area (Å²) in [5.41, 5.74) is 10.0. The Bertz CT molecular complexity index is 737. The van der Waals surface area contributed by atoms with Crippen molar-refractivity contribution in [1.29, 1.82) is 0 Å². The van der Waals surface area contributed by atoms with Crippen LogP contribution < -0.4 is 16.0 Å². The topological polar surface area (TPSA) is 61.5 Å². The van der Waals surface area contributed by atoms with E-state index in [9.17, 15) is 5.11 Å². The third-order valence-corrected chi connectivity index (χ3v) is 5.43. The Morgan fingerprint density at radius 1 is 1.00 bits per heavy atom. The quantitative estimate of drug-likeness (QED) is 0.217. The Kier molecular flexibility index (Phi) is 8.78. The average molecular weight is 404 g/mol. The summed E-state index contributed by atoms with van der Waals surface area (Å²) in [6, 6.07) is 10.3. The molecule has 0 amide bonds. The molecule has 2 aromatic carbocycles. The molecule has 5 heteroatoms. The lowest BCUT2D eigenvalue weighted by atomic mass is 10.1. The first kappa shape index (κ1) is 22.2. The molecule has 0 aromatic heterocycles. The third-order valence-electron chi connectivity index (χ3n) is 5.04. The fourth-order valence-electron chi connectivity index (χ4n) is 3.27. The van der Waals surface area contributed by atoms with Gasteiger partial charge < -0.3 is 21.1 Å². The molecule has 28 heavy (non-hydrogen) atoms. The van der Waals surface area contributed by atoms with E-state index in [1.165, 1.54) is 44.2 Å². The molecule has 0 saturated carbocycles. The van der Waals surface area contributed by atoms with E-state index in [0.717, 1.165) is 18.8 Å². The summed E-state index contributed by atoms with van der Waals surface area (Å²) in [7, 11) is 0. The van der Waals surface area contributed by atoms with Crippen molar-refractivity contribution in [2.24, 2.45) is 0 Å². The fourth-order valence-corrected chi connectivity index (χ4v) is 3.52. The molecule has 0 heterocycles. The molecule has 0 aliphatic heterocycles. The lowest BCUT2D eigenvalue weighted by molar-refractivity contribution is 0.472. The highest BCUT2D eigenvalue weighted by atomic mass is 35.5. The monoisotopic (exact) mass is 403 g/mol. The van der Waals surface area contributed by atoms with Gasteiger partial charge in [-0.15, -0.1) is 0 Å². The molecule has 4 N–H and O–H groups in total. The Balaban J connectivity index is 2.11. The normalized spacial score (nSPS) is 10.9. The number of nitrogens with two attached hydrogens (primary N) is 1. The van der Waals surface area contributed by atoms with E-state index in [4.69, 9.17) is 17.3 Å². The number of unbranched alkanes of at least 4 members (excludes halogenated alkanes) is 4. The lowest BCUT2D eigenvalue weighted by Crippen LogP contribution is -2.25. The SMILES string of the molecule is CCCCCN(CCCCC)c1ccc(Nc2cc(C)c(O)c(Cl)c2N)cc1. The van der Waals surface area contributed by atoms with Gasteiger partial charge in [-0.05, 0) is 55.7 Å². The first-order valence-corrected chi connectivity index (χ1v) is 10.7. The molecule has 2 rings (SSSR count). The molecule has 0 atom stereocenters. The number of hydrogen-bond donors (Lipinski definition) is 3. The zero-order chi connectivity index (χ0) is 20.5. The summed E-state index contributed by atoms with van der Waals surface area (Å²) < 4.78 is 0. The fraction of sp³-hybridized carbons (Fsp3) is 0.478. The average Bonchev–Trinajstić information content (AvgIpc) is 2.70. The summed E-state index contributed by atoms with van der Waals surface area (Å²) in [6.45, 7) is 8.49. The van der Waals surface area contributed by atoms with Crippen molar-refractivity contribution < 1.29 is 5.11 Å². The van der Waals surface area contributed by atoms with Crippen LogP contribution in [0.3, 0.4) is 0 Å². The number of aromatic hydroxyl groups is 1. The second-order valence-electron chi connectivity index (χ2n) is 7.39. The van der Waals surface area contributed by atoms with Crippen LogP contribution in [0, 0.1) is 6.92 Å². The van der Waals surface area contributed by atoms with Gasteiger partial charge in [-0.2, -0.15) is 0 Å². The van der Waals surface area contributed by atoms with Crippen molar-refractivity contribution in [3.05, 3.63) is 40.9 Å². The summed E-state index contributed by atoms with van der Waals surface area (Å²) in [6.07, 6.45) is 7.46. The Labute approximate surface area is 174 Å². The number of nitrogens with zero attached hydrogens (tertiary/aromatic N) is 1. The summed E-state index contributed by atoms with van der Waals surface area (Å²) in [5.74, 6) is 0.0369. The van der Waals surface area contributed by atoms with Crippen LogP contribution in [0.5, 0.6) is 5.75 Å². The van der Waals surface area contributed by atoms with Gasteiger partial charge in [0.1, 0.15) is 10.8 Å². The predicted octanol–water partition coefficient (Wildman–Crippen LogP) is 6.87. The van der Waals surface area contributed by atoms with Crippen LogP contribution in [0.4, 0.5) is 22.7 Å². The van der Waals surface area contributed by atoms with Crippen LogP contribution in [0.15, 0.2) is 30.3 Å². The van der Waals surface area contributed by atoms with Crippen molar-refractivity contribution >= 4 is 34.4 Å². The van der Waals surface area contributed by atoms with E-state index in [2.05, 4.69) is 48.3 Å². The van der Waals surface area contributed by atoms with Gasteiger partial charge >= 0.3 is 0 Å². The van der Waals surface area contributed by atoms with Crippen LogP contribution in [-0.4, -0.2) is 18.2 Å². The molecule has 0 saturated heterocycles. The van der Waals surface area contributed by atoms with Crippen molar-refractivity contribution in [1.82, 2.24) is 0 Å². The van der Waals surface area contributed by atoms with E-state index < -0.39 is 0 Å². The number of halogens is 1. The largest absolute Gasteiger partial charge is 0.506 e. The van der Waals surface area contributed by atoms with Crippen molar-refractivity contribution in [2.45, 2.75) is 59.3 Å². The molecule has 0 fully saturated rings. The number of rotatable bonds is 11. The van der Waals surface area contributed by atoms with E-state index in [0.29, 0.717) is 16.9 Å². The van der Waals surface area contributed by atoms with E-state index in [-0.39, 0.29) is 10.8 Å². The van der Waals surface area contributed by atoms with Crippen molar-refractivity contribution in [3.63, 3.8) is 0 Å². The zero-order valence-electron chi connectivity index (χ0n) is 17.4. The van der Waals surface area contributed by atoms with Gasteiger partial charge in [-0.1, -0.05) is 51.1 Å². The first-order chi connectivity index (χ1) is 13.5. The second-order valence-corrected chi connectivity index (χ2v) is 7.77. The maximum absolute atomic E-state index is 9.91. The van der Waals surface area contributed by atoms with Crippen molar-refractivity contribution in [3.8, 4) is 5.75 Å². The van der Waals surface area contributed by atoms with Crippen LogP contribution in [-0.2, 0) is 0 Å². The molecule has 0 unspecified atom stereocenters. The van der Waals surface area contributed by atoms with Crippen LogP contribution in [0.1, 0.15) is 57.9 Å². The Hall–Kier alpha value is -2.07. The molecule has 0 aliphatic rings. The molecule has 0 aliphatic carbocycles. The minimum absolute atomic E-state index is 0.0369. The van der Waals surface area contributed by atoms with Gasteiger partial charge in [-0.25, -0.2) is 0 Å². The second kappa shape index (κ2) is 11.1. The highest BCUT2D eigenvalue weighted by molar-refractivity contribution is 6.35. The van der Waals surface area contributed by atoms with Gasteiger partial charge in [0.15, 0.2) is 0 Å². The van der Waals surface area contributed by atoms with Gasteiger partial charge in [0, 0.05) is 24.5 Å². The standard InChI is InChI=1S/C23H34ClN3O/c1-4-6-8-14-27(15-9-7-5-2)19-12-10-18(11-13-19)26-20-16-17(3)23(28)21(24)22(20)25/h10-13,16,26,28H,4-9,14-15,25H2,1-3H3. The van der Waals surface area contributed by atoms with Gasteiger partial charge in [0.2, 0.25) is 0 Å². The number of nitrogen functional groups attached to an aromatic ring is 1. The van der Waals surface area contributed by atoms with Gasteiger partial charge in [-0.3, -0.25) is 0 Å².